The highest BCUT2D eigenvalue weighted by molar-refractivity contribution is 14.1. The van der Waals surface area contributed by atoms with Crippen LogP contribution < -0.4 is 0 Å². The van der Waals surface area contributed by atoms with Gasteiger partial charge in [-0.3, -0.25) is 4.68 Å². The van der Waals surface area contributed by atoms with Crippen molar-refractivity contribution >= 4 is 22.6 Å². The molecule has 0 aromatic carbocycles. The molecule has 0 atom stereocenters. The van der Waals surface area contributed by atoms with E-state index in [0.29, 0.717) is 11.2 Å². The number of aryl methyl sites for hydroxylation is 1. The van der Waals surface area contributed by atoms with Gasteiger partial charge in [-0.25, -0.2) is 0 Å². The Bertz CT molecular complexity index is 199. The van der Waals surface area contributed by atoms with Crippen molar-refractivity contribution in [2.24, 2.45) is 7.05 Å². The Morgan fingerprint density at radius 1 is 1.80 bits per heavy atom. The van der Waals surface area contributed by atoms with E-state index >= 15 is 0 Å². The van der Waals surface area contributed by atoms with Gasteiger partial charge >= 0.3 is 0 Å². The lowest BCUT2D eigenvalue weighted by Crippen LogP contribution is -1.93. The lowest BCUT2D eigenvalue weighted by Gasteiger charge is -1.93. The molecule has 10 heavy (non-hydrogen) atoms. The lowest BCUT2D eigenvalue weighted by molar-refractivity contribution is 0.173. The molecule has 0 saturated carbocycles. The molecule has 0 bridgehead atoms. The van der Waals surface area contributed by atoms with Crippen molar-refractivity contribution in [3.05, 3.63) is 18.0 Å². The number of rotatable bonds is 3. The molecule has 4 heteroatoms. The molecule has 0 fully saturated rings. The zero-order chi connectivity index (χ0) is 7.40. The Morgan fingerprint density at radius 2 is 2.60 bits per heavy atom. The predicted octanol–water partition coefficient (Wildman–Crippen LogP) is 1.33. The first-order valence-corrected chi connectivity index (χ1v) is 4.47. The average Bonchev–Trinajstić information content (AvgIpc) is 2.31. The first-order valence-electron chi connectivity index (χ1n) is 2.95. The molecule has 0 aliphatic rings. The Hall–Kier alpha value is -0.100. The number of hydrogen-bond donors (Lipinski definition) is 0. The summed E-state index contributed by atoms with van der Waals surface area (Å²) in [4.78, 5) is 0. The van der Waals surface area contributed by atoms with E-state index in [1.165, 1.54) is 0 Å². The van der Waals surface area contributed by atoms with Crippen molar-refractivity contribution in [3.8, 4) is 0 Å². The Labute approximate surface area is 73.5 Å². The normalized spacial score (nSPS) is 10.2. The monoisotopic (exact) mass is 252 g/mol. The van der Waals surface area contributed by atoms with Gasteiger partial charge in [-0.05, 0) is 6.07 Å². The third-order valence-corrected chi connectivity index (χ3v) is 1.54. The van der Waals surface area contributed by atoms with Gasteiger partial charge in [-0.1, -0.05) is 22.6 Å². The molecule has 0 aliphatic carbocycles. The van der Waals surface area contributed by atoms with Crippen LogP contribution >= 0.6 is 22.6 Å². The summed E-state index contributed by atoms with van der Waals surface area (Å²) in [5.74, 6) is 0. The molecule has 0 aliphatic heterocycles. The van der Waals surface area contributed by atoms with Gasteiger partial charge in [0.05, 0.1) is 16.9 Å². The summed E-state index contributed by atoms with van der Waals surface area (Å²) in [7, 11) is 1.90. The summed E-state index contributed by atoms with van der Waals surface area (Å²) in [5, 5.41) is 4.14. The second kappa shape index (κ2) is 3.92. The molecular weight excluding hydrogens is 243 g/mol. The van der Waals surface area contributed by atoms with Crippen LogP contribution in [0.5, 0.6) is 0 Å². The van der Waals surface area contributed by atoms with E-state index in [9.17, 15) is 0 Å². The van der Waals surface area contributed by atoms with Gasteiger partial charge in [-0.15, -0.1) is 0 Å². The first kappa shape index (κ1) is 8.00. The maximum atomic E-state index is 5.14. The lowest BCUT2D eigenvalue weighted by atomic mass is 10.5. The van der Waals surface area contributed by atoms with Gasteiger partial charge < -0.3 is 4.74 Å². The average molecular weight is 252 g/mol. The third kappa shape index (κ3) is 2.26. The van der Waals surface area contributed by atoms with E-state index in [4.69, 9.17) is 4.74 Å². The summed E-state index contributed by atoms with van der Waals surface area (Å²) in [6, 6.07) is 1.95. The van der Waals surface area contributed by atoms with Crippen molar-refractivity contribution < 1.29 is 4.74 Å². The van der Waals surface area contributed by atoms with Crippen LogP contribution in [0, 0.1) is 0 Å². The highest BCUT2D eigenvalue weighted by Gasteiger charge is 1.93. The van der Waals surface area contributed by atoms with Crippen LogP contribution in [0.4, 0.5) is 0 Å². The second-order valence-electron chi connectivity index (χ2n) is 1.94. The first-order chi connectivity index (χ1) is 4.83. The summed E-state index contributed by atoms with van der Waals surface area (Å²) in [6.07, 6.45) is 1.91. The van der Waals surface area contributed by atoms with E-state index in [0.717, 1.165) is 5.69 Å². The molecule has 0 N–H and O–H groups in total. The van der Waals surface area contributed by atoms with E-state index in [2.05, 4.69) is 27.7 Å². The van der Waals surface area contributed by atoms with Gasteiger partial charge in [0.25, 0.3) is 0 Å². The summed E-state index contributed by atoms with van der Waals surface area (Å²) < 4.78 is 7.63. The van der Waals surface area contributed by atoms with E-state index in [-0.39, 0.29) is 0 Å². The fourth-order valence-electron chi connectivity index (χ4n) is 0.683. The summed E-state index contributed by atoms with van der Waals surface area (Å²) in [5.41, 5.74) is 0.985. The van der Waals surface area contributed by atoms with Crippen LogP contribution in [-0.4, -0.2) is 14.4 Å². The molecule has 1 heterocycles. The zero-order valence-electron chi connectivity index (χ0n) is 5.75. The largest absolute Gasteiger partial charge is 0.365 e. The number of alkyl halides is 1. The molecule has 0 unspecified atom stereocenters. The highest BCUT2D eigenvalue weighted by Crippen LogP contribution is 1.97. The molecule has 0 spiro atoms. The van der Waals surface area contributed by atoms with E-state index in [1.807, 2.05) is 19.3 Å². The number of nitrogens with zero attached hydrogens (tertiary/aromatic N) is 2. The Morgan fingerprint density at radius 3 is 3.10 bits per heavy atom. The number of ether oxygens (including phenoxy) is 1. The van der Waals surface area contributed by atoms with Gasteiger partial charge in [0, 0.05) is 13.2 Å². The molecule has 56 valence electrons. The third-order valence-electron chi connectivity index (χ3n) is 1.10. The van der Waals surface area contributed by atoms with Gasteiger partial charge in [-0.2, -0.15) is 5.10 Å². The fraction of sp³-hybridized carbons (Fsp3) is 0.500. The number of hydrogen-bond acceptors (Lipinski definition) is 2. The molecule has 0 radical (unpaired) electrons. The minimum absolute atomic E-state index is 0.615. The summed E-state index contributed by atoms with van der Waals surface area (Å²) in [6.45, 7) is 0.615. The van der Waals surface area contributed by atoms with Crippen LogP contribution in [0.15, 0.2) is 12.3 Å². The number of aromatic nitrogens is 2. The van der Waals surface area contributed by atoms with Crippen LogP contribution in [0.1, 0.15) is 5.69 Å². The molecule has 1 aromatic rings. The minimum atomic E-state index is 0.615. The van der Waals surface area contributed by atoms with E-state index < -0.39 is 0 Å². The van der Waals surface area contributed by atoms with Gasteiger partial charge in [0.1, 0.15) is 0 Å². The summed E-state index contributed by atoms with van der Waals surface area (Å²) >= 11 is 2.16. The highest BCUT2D eigenvalue weighted by atomic mass is 127. The van der Waals surface area contributed by atoms with Crippen LogP contribution in [0.3, 0.4) is 0 Å². The Balaban J connectivity index is 2.42. The predicted molar refractivity (Wildman–Crippen MR) is 46.9 cm³/mol. The molecule has 3 nitrogen and oxygen atoms in total. The van der Waals surface area contributed by atoms with Gasteiger partial charge in [0.15, 0.2) is 0 Å². The van der Waals surface area contributed by atoms with Gasteiger partial charge in [0.2, 0.25) is 0 Å². The topological polar surface area (TPSA) is 27.1 Å². The second-order valence-corrected chi connectivity index (χ2v) is 2.56. The zero-order valence-corrected chi connectivity index (χ0v) is 7.91. The van der Waals surface area contributed by atoms with Crippen molar-refractivity contribution in [1.82, 2.24) is 9.78 Å². The van der Waals surface area contributed by atoms with E-state index in [1.54, 1.807) is 4.68 Å². The fourth-order valence-corrected chi connectivity index (χ4v) is 0.904. The van der Waals surface area contributed by atoms with Crippen molar-refractivity contribution in [2.75, 3.05) is 4.61 Å². The quantitative estimate of drug-likeness (QED) is 0.599. The maximum Gasteiger partial charge on any atom is 0.0984 e. The smallest absolute Gasteiger partial charge is 0.0984 e. The number of halogens is 1. The van der Waals surface area contributed by atoms with Crippen LogP contribution in [0.25, 0.3) is 0 Å². The maximum absolute atomic E-state index is 5.14. The molecule has 0 amide bonds. The van der Waals surface area contributed by atoms with Crippen molar-refractivity contribution in [1.29, 1.82) is 0 Å². The molecular formula is C6H9IN2O. The Kier molecular flexibility index (Phi) is 3.14. The van der Waals surface area contributed by atoms with Crippen molar-refractivity contribution in [3.63, 3.8) is 0 Å². The van der Waals surface area contributed by atoms with Crippen LogP contribution in [-0.2, 0) is 18.4 Å². The molecule has 0 saturated heterocycles. The standard InChI is InChI=1S/C6H9IN2O/c1-9-3-2-6(8-9)4-10-5-7/h2-3H,4-5H2,1H3. The van der Waals surface area contributed by atoms with Crippen LogP contribution in [0.2, 0.25) is 0 Å². The SMILES string of the molecule is Cn1ccc(COCI)n1. The molecule has 1 aromatic heterocycles. The molecule has 1 rings (SSSR count). The minimum Gasteiger partial charge on any atom is -0.365 e. The van der Waals surface area contributed by atoms with Crippen molar-refractivity contribution in [2.45, 2.75) is 6.61 Å².